The number of nitrogens with one attached hydrogen (secondary N) is 1. The van der Waals surface area contributed by atoms with Gasteiger partial charge in [0.2, 0.25) is 0 Å². The van der Waals surface area contributed by atoms with Crippen molar-refractivity contribution in [3.8, 4) is 6.01 Å². The average Bonchev–Trinajstić information content (AvgIpc) is 2.42. The number of nitrogens with zero attached hydrogens (tertiary/aromatic N) is 1. The van der Waals surface area contributed by atoms with Crippen molar-refractivity contribution < 1.29 is 5.11 Å². The van der Waals surface area contributed by atoms with Crippen LogP contribution in [0.25, 0.3) is 11.0 Å². The number of H-pyrrole nitrogens is 1. The largest absolute Gasteiger partial charge is 0.480 e. The number of hydrogen-bond acceptors (Lipinski definition) is 2. The molecule has 3 nitrogen and oxygen atoms in total. The highest BCUT2D eigenvalue weighted by molar-refractivity contribution is 6.50. The Morgan fingerprint density at radius 2 is 1.92 bits per heavy atom. The summed E-state index contributed by atoms with van der Waals surface area (Å²) in [6.45, 7) is 0. The topological polar surface area (TPSA) is 48.9 Å². The van der Waals surface area contributed by atoms with E-state index < -0.39 is 0 Å². The molecular formula is C7H3Cl3N2O. The van der Waals surface area contributed by atoms with E-state index in [0.29, 0.717) is 16.1 Å². The lowest BCUT2D eigenvalue weighted by atomic mass is 10.3. The van der Waals surface area contributed by atoms with E-state index in [0.717, 1.165) is 0 Å². The van der Waals surface area contributed by atoms with Gasteiger partial charge in [0.1, 0.15) is 5.52 Å². The third-order valence-electron chi connectivity index (χ3n) is 1.60. The molecule has 0 spiro atoms. The van der Waals surface area contributed by atoms with Crippen LogP contribution in [-0.2, 0) is 0 Å². The minimum atomic E-state index is -0.213. The molecule has 0 aliphatic rings. The minimum Gasteiger partial charge on any atom is -0.480 e. The predicted octanol–water partition coefficient (Wildman–Crippen LogP) is 3.23. The summed E-state index contributed by atoms with van der Waals surface area (Å²) in [5, 5.41) is 9.85. The van der Waals surface area contributed by atoms with Gasteiger partial charge in [-0.1, -0.05) is 34.8 Å². The summed E-state index contributed by atoms with van der Waals surface area (Å²) in [4.78, 5) is 6.32. The number of aromatic nitrogens is 2. The van der Waals surface area contributed by atoms with Crippen LogP contribution in [0.3, 0.4) is 0 Å². The summed E-state index contributed by atoms with van der Waals surface area (Å²) in [6.07, 6.45) is 0. The monoisotopic (exact) mass is 236 g/mol. The fourth-order valence-corrected chi connectivity index (χ4v) is 1.69. The molecule has 68 valence electrons. The number of aromatic amines is 1. The van der Waals surface area contributed by atoms with Crippen molar-refractivity contribution in [1.82, 2.24) is 9.97 Å². The third kappa shape index (κ3) is 1.33. The van der Waals surface area contributed by atoms with E-state index in [-0.39, 0.29) is 16.1 Å². The van der Waals surface area contributed by atoms with Crippen molar-refractivity contribution in [2.24, 2.45) is 0 Å². The maximum atomic E-state index is 9.05. The lowest BCUT2D eigenvalue weighted by Gasteiger charge is -1.98. The molecule has 13 heavy (non-hydrogen) atoms. The maximum Gasteiger partial charge on any atom is 0.292 e. The average molecular weight is 237 g/mol. The Kier molecular flexibility index (Phi) is 2.02. The Morgan fingerprint density at radius 3 is 2.62 bits per heavy atom. The zero-order chi connectivity index (χ0) is 9.59. The second-order valence-electron chi connectivity index (χ2n) is 2.44. The second-order valence-corrected chi connectivity index (χ2v) is 3.61. The summed E-state index contributed by atoms with van der Waals surface area (Å²) in [5.41, 5.74) is 0.963. The normalized spacial score (nSPS) is 11.0. The zero-order valence-electron chi connectivity index (χ0n) is 6.11. The van der Waals surface area contributed by atoms with Gasteiger partial charge in [0, 0.05) is 0 Å². The van der Waals surface area contributed by atoms with E-state index in [4.69, 9.17) is 39.9 Å². The van der Waals surface area contributed by atoms with E-state index in [2.05, 4.69) is 9.97 Å². The number of imidazole rings is 1. The van der Waals surface area contributed by atoms with Crippen LogP contribution in [-0.4, -0.2) is 15.1 Å². The van der Waals surface area contributed by atoms with E-state index in [1.54, 1.807) is 6.07 Å². The molecule has 1 heterocycles. The number of fused-ring (bicyclic) bond motifs is 1. The predicted molar refractivity (Wildman–Crippen MR) is 52.8 cm³/mol. The minimum absolute atomic E-state index is 0.213. The Morgan fingerprint density at radius 1 is 1.23 bits per heavy atom. The fourth-order valence-electron chi connectivity index (χ4n) is 1.04. The van der Waals surface area contributed by atoms with Crippen molar-refractivity contribution in [1.29, 1.82) is 0 Å². The van der Waals surface area contributed by atoms with Crippen LogP contribution in [0.5, 0.6) is 6.01 Å². The maximum absolute atomic E-state index is 9.05. The van der Waals surface area contributed by atoms with Crippen LogP contribution in [0.2, 0.25) is 15.1 Å². The van der Waals surface area contributed by atoms with Gasteiger partial charge in [-0.05, 0) is 6.07 Å². The van der Waals surface area contributed by atoms with E-state index in [1.165, 1.54) is 0 Å². The molecule has 0 fully saturated rings. The Balaban J connectivity index is 2.92. The van der Waals surface area contributed by atoms with Crippen LogP contribution >= 0.6 is 34.8 Å². The molecule has 0 saturated heterocycles. The molecule has 2 N–H and O–H groups in total. The van der Waals surface area contributed by atoms with Crippen molar-refractivity contribution >= 4 is 45.8 Å². The zero-order valence-corrected chi connectivity index (χ0v) is 8.37. The Hall–Kier alpha value is -0.640. The standard InChI is InChI=1S/C7H3Cl3N2O/c8-2-1-3-6(5(10)4(2)9)12-7(13)11-3/h1H,(H2,11,12,13). The van der Waals surface area contributed by atoms with Crippen LogP contribution in [0.15, 0.2) is 6.07 Å². The Bertz CT molecular complexity index is 480. The van der Waals surface area contributed by atoms with Crippen LogP contribution in [0, 0.1) is 0 Å². The molecule has 6 heteroatoms. The Labute approximate surface area is 88.2 Å². The molecule has 0 bridgehead atoms. The van der Waals surface area contributed by atoms with Gasteiger partial charge >= 0.3 is 0 Å². The van der Waals surface area contributed by atoms with Gasteiger partial charge in [0.15, 0.2) is 0 Å². The first-order valence-electron chi connectivity index (χ1n) is 3.32. The van der Waals surface area contributed by atoms with Gasteiger partial charge in [-0.2, -0.15) is 4.98 Å². The summed E-state index contributed by atoms with van der Waals surface area (Å²) in [5.74, 6) is 0. The lowest BCUT2D eigenvalue weighted by Crippen LogP contribution is -1.75. The van der Waals surface area contributed by atoms with Crippen molar-refractivity contribution in [3.05, 3.63) is 21.1 Å². The van der Waals surface area contributed by atoms with Gasteiger partial charge in [-0.15, -0.1) is 0 Å². The molecule has 0 radical (unpaired) electrons. The summed E-state index contributed by atoms with van der Waals surface area (Å²) in [6, 6.07) is 1.34. The molecule has 0 amide bonds. The molecule has 0 saturated carbocycles. The molecule has 0 unspecified atom stereocenters. The highest BCUT2D eigenvalue weighted by Crippen LogP contribution is 2.36. The first-order chi connectivity index (χ1) is 6.09. The van der Waals surface area contributed by atoms with Gasteiger partial charge in [0.05, 0.1) is 20.6 Å². The highest BCUT2D eigenvalue weighted by atomic mass is 35.5. The van der Waals surface area contributed by atoms with Gasteiger partial charge < -0.3 is 10.1 Å². The van der Waals surface area contributed by atoms with Gasteiger partial charge in [-0.25, -0.2) is 0 Å². The van der Waals surface area contributed by atoms with E-state index in [1.807, 2.05) is 0 Å². The second kappa shape index (κ2) is 2.94. The van der Waals surface area contributed by atoms with Crippen LogP contribution < -0.4 is 0 Å². The number of aromatic hydroxyl groups is 1. The lowest BCUT2D eigenvalue weighted by molar-refractivity contribution is 0.438. The first kappa shape index (κ1) is 8.94. The quantitative estimate of drug-likeness (QED) is 0.691. The van der Waals surface area contributed by atoms with E-state index in [9.17, 15) is 0 Å². The molecule has 0 aliphatic carbocycles. The van der Waals surface area contributed by atoms with Crippen molar-refractivity contribution in [3.63, 3.8) is 0 Å². The summed E-state index contributed by atoms with van der Waals surface area (Å²) < 4.78 is 0. The summed E-state index contributed by atoms with van der Waals surface area (Å²) >= 11 is 17.4. The highest BCUT2D eigenvalue weighted by Gasteiger charge is 2.12. The smallest absolute Gasteiger partial charge is 0.292 e. The third-order valence-corrected chi connectivity index (χ3v) is 2.85. The van der Waals surface area contributed by atoms with Crippen LogP contribution in [0.4, 0.5) is 0 Å². The van der Waals surface area contributed by atoms with Crippen molar-refractivity contribution in [2.75, 3.05) is 0 Å². The SMILES string of the molecule is Oc1nc2c(Cl)c(Cl)c(Cl)cc2[nH]1. The first-order valence-corrected chi connectivity index (χ1v) is 4.45. The molecule has 2 aromatic rings. The number of rotatable bonds is 0. The van der Waals surface area contributed by atoms with E-state index >= 15 is 0 Å². The number of benzene rings is 1. The number of hydrogen-bond donors (Lipinski definition) is 2. The number of halogens is 3. The van der Waals surface area contributed by atoms with Crippen molar-refractivity contribution in [2.45, 2.75) is 0 Å². The molecular weight excluding hydrogens is 234 g/mol. The molecule has 2 rings (SSSR count). The molecule has 0 atom stereocenters. The molecule has 1 aromatic carbocycles. The van der Waals surface area contributed by atoms with Crippen LogP contribution in [0.1, 0.15) is 0 Å². The van der Waals surface area contributed by atoms with Gasteiger partial charge in [0.25, 0.3) is 6.01 Å². The molecule has 0 aliphatic heterocycles. The molecule has 1 aromatic heterocycles. The summed E-state index contributed by atoms with van der Waals surface area (Å²) in [7, 11) is 0. The van der Waals surface area contributed by atoms with Gasteiger partial charge in [-0.3, -0.25) is 0 Å². The fraction of sp³-hybridized carbons (Fsp3) is 0.